The van der Waals surface area contributed by atoms with Gasteiger partial charge in [0.25, 0.3) is 0 Å². The van der Waals surface area contributed by atoms with Crippen molar-refractivity contribution in [1.29, 1.82) is 0 Å². The normalized spacial score (nSPS) is 10.9. The molecule has 1 rings (SSSR count). The second-order valence-corrected chi connectivity index (χ2v) is 5.65. The van der Waals surface area contributed by atoms with Crippen molar-refractivity contribution in [2.24, 2.45) is 0 Å². The monoisotopic (exact) mass is 269 g/mol. The summed E-state index contributed by atoms with van der Waals surface area (Å²) in [7, 11) is 4.03. The van der Waals surface area contributed by atoms with Gasteiger partial charge in [-0.15, -0.1) is 11.3 Å². The number of aromatic nitrogens is 1. The zero-order chi connectivity index (χ0) is 13.4. The van der Waals surface area contributed by atoms with Crippen LogP contribution in [0, 0.1) is 0 Å². The van der Waals surface area contributed by atoms with Crippen LogP contribution in [-0.4, -0.2) is 36.4 Å². The SMILES string of the molecule is CCCCCNC(=O)Cc1csc(CN(C)C)n1. The third kappa shape index (κ3) is 6.12. The van der Waals surface area contributed by atoms with E-state index in [2.05, 4.69) is 22.1 Å². The van der Waals surface area contributed by atoms with Gasteiger partial charge in [0, 0.05) is 18.5 Å². The lowest BCUT2D eigenvalue weighted by Crippen LogP contribution is -2.26. The van der Waals surface area contributed by atoms with Crippen LogP contribution in [-0.2, 0) is 17.8 Å². The Kier molecular flexibility index (Phi) is 6.90. The van der Waals surface area contributed by atoms with Gasteiger partial charge < -0.3 is 10.2 Å². The van der Waals surface area contributed by atoms with Crippen LogP contribution in [0.1, 0.15) is 36.9 Å². The summed E-state index contributed by atoms with van der Waals surface area (Å²) in [6.07, 6.45) is 3.81. The minimum Gasteiger partial charge on any atom is -0.356 e. The first-order valence-corrected chi connectivity index (χ1v) is 7.34. The van der Waals surface area contributed by atoms with Crippen molar-refractivity contribution in [3.63, 3.8) is 0 Å². The molecule has 1 N–H and O–H groups in total. The van der Waals surface area contributed by atoms with Crippen LogP contribution in [0.5, 0.6) is 0 Å². The summed E-state index contributed by atoms with van der Waals surface area (Å²) in [6, 6.07) is 0. The Morgan fingerprint density at radius 1 is 1.44 bits per heavy atom. The van der Waals surface area contributed by atoms with Gasteiger partial charge in [0.05, 0.1) is 12.1 Å². The van der Waals surface area contributed by atoms with Gasteiger partial charge in [0.1, 0.15) is 5.01 Å². The minimum atomic E-state index is 0.0767. The Labute approximate surface area is 113 Å². The van der Waals surface area contributed by atoms with Crippen LogP contribution in [0.2, 0.25) is 0 Å². The van der Waals surface area contributed by atoms with E-state index in [9.17, 15) is 4.79 Å². The van der Waals surface area contributed by atoms with Crippen LogP contribution in [0.25, 0.3) is 0 Å². The largest absolute Gasteiger partial charge is 0.356 e. The molecule has 0 aromatic carbocycles. The number of nitrogens with one attached hydrogen (secondary N) is 1. The molecule has 0 unspecified atom stereocenters. The number of amides is 1. The number of rotatable bonds is 8. The van der Waals surface area contributed by atoms with E-state index in [0.717, 1.165) is 30.2 Å². The molecular weight excluding hydrogens is 246 g/mol. The van der Waals surface area contributed by atoms with Gasteiger partial charge in [0.2, 0.25) is 5.91 Å². The number of hydrogen-bond acceptors (Lipinski definition) is 4. The van der Waals surface area contributed by atoms with Crippen molar-refractivity contribution in [2.75, 3.05) is 20.6 Å². The predicted octanol–water partition coefficient (Wildman–Crippen LogP) is 2.05. The summed E-state index contributed by atoms with van der Waals surface area (Å²) in [4.78, 5) is 18.2. The summed E-state index contributed by atoms with van der Waals surface area (Å²) in [6.45, 7) is 3.77. The summed E-state index contributed by atoms with van der Waals surface area (Å²) in [5.74, 6) is 0.0767. The summed E-state index contributed by atoms with van der Waals surface area (Å²) >= 11 is 1.62. The van der Waals surface area contributed by atoms with Crippen molar-refractivity contribution in [3.8, 4) is 0 Å². The molecule has 0 aliphatic rings. The van der Waals surface area contributed by atoms with Gasteiger partial charge in [-0.05, 0) is 20.5 Å². The van der Waals surface area contributed by atoms with E-state index in [4.69, 9.17) is 0 Å². The topological polar surface area (TPSA) is 45.2 Å². The molecule has 0 atom stereocenters. The summed E-state index contributed by atoms with van der Waals surface area (Å²) in [5, 5.41) is 5.97. The quantitative estimate of drug-likeness (QED) is 0.735. The molecule has 1 amide bonds. The maximum Gasteiger partial charge on any atom is 0.226 e. The van der Waals surface area contributed by atoms with Gasteiger partial charge in [0.15, 0.2) is 0 Å². The van der Waals surface area contributed by atoms with Crippen molar-refractivity contribution in [3.05, 3.63) is 16.1 Å². The molecule has 0 aliphatic heterocycles. The van der Waals surface area contributed by atoms with Crippen molar-refractivity contribution in [1.82, 2.24) is 15.2 Å². The molecule has 1 heterocycles. The molecule has 0 aliphatic carbocycles. The predicted molar refractivity (Wildman–Crippen MR) is 75.7 cm³/mol. The molecular formula is C13H23N3OS. The van der Waals surface area contributed by atoms with E-state index in [1.54, 1.807) is 11.3 Å². The van der Waals surface area contributed by atoms with E-state index in [-0.39, 0.29) is 5.91 Å². The Hall–Kier alpha value is -0.940. The zero-order valence-corrected chi connectivity index (χ0v) is 12.3. The van der Waals surface area contributed by atoms with E-state index in [0.29, 0.717) is 6.42 Å². The van der Waals surface area contributed by atoms with Crippen LogP contribution < -0.4 is 5.32 Å². The Morgan fingerprint density at radius 3 is 2.89 bits per heavy atom. The highest BCUT2D eigenvalue weighted by Gasteiger charge is 2.07. The number of nitrogens with zero attached hydrogens (tertiary/aromatic N) is 2. The fourth-order valence-corrected chi connectivity index (χ4v) is 2.51. The molecule has 0 saturated carbocycles. The molecule has 0 spiro atoms. The van der Waals surface area contributed by atoms with E-state index in [1.165, 1.54) is 12.8 Å². The van der Waals surface area contributed by atoms with E-state index >= 15 is 0 Å². The average molecular weight is 269 g/mol. The third-order valence-electron chi connectivity index (χ3n) is 2.49. The van der Waals surface area contributed by atoms with Gasteiger partial charge in [-0.25, -0.2) is 4.98 Å². The summed E-state index contributed by atoms with van der Waals surface area (Å²) < 4.78 is 0. The van der Waals surface area contributed by atoms with Crippen molar-refractivity contribution in [2.45, 2.75) is 39.2 Å². The molecule has 18 heavy (non-hydrogen) atoms. The van der Waals surface area contributed by atoms with Gasteiger partial charge >= 0.3 is 0 Å². The first-order chi connectivity index (χ1) is 8.61. The fraction of sp³-hybridized carbons (Fsp3) is 0.692. The van der Waals surface area contributed by atoms with Gasteiger partial charge in [-0.1, -0.05) is 19.8 Å². The molecule has 0 radical (unpaired) electrons. The van der Waals surface area contributed by atoms with E-state index < -0.39 is 0 Å². The second-order valence-electron chi connectivity index (χ2n) is 4.70. The molecule has 5 heteroatoms. The molecule has 102 valence electrons. The third-order valence-corrected chi connectivity index (χ3v) is 3.38. The number of hydrogen-bond donors (Lipinski definition) is 1. The Morgan fingerprint density at radius 2 is 2.22 bits per heavy atom. The fourth-order valence-electron chi connectivity index (χ4n) is 1.60. The maximum absolute atomic E-state index is 11.7. The Bertz CT molecular complexity index is 363. The minimum absolute atomic E-state index is 0.0767. The number of thiazole rings is 1. The maximum atomic E-state index is 11.7. The highest BCUT2D eigenvalue weighted by molar-refractivity contribution is 7.09. The number of carbonyl (C=O) groups excluding carboxylic acids is 1. The van der Waals surface area contributed by atoms with Gasteiger partial charge in [-0.3, -0.25) is 4.79 Å². The highest BCUT2D eigenvalue weighted by atomic mass is 32.1. The Balaban J connectivity index is 2.28. The van der Waals surface area contributed by atoms with Crippen LogP contribution in [0.15, 0.2) is 5.38 Å². The molecule has 0 bridgehead atoms. The lowest BCUT2D eigenvalue weighted by atomic mass is 10.2. The van der Waals surface area contributed by atoms with Crippen molar-refractivity contribution < 1.29 is 4.79 Å². The van der Waals surface area contributed by atoms with Gasteiger partial charge in [-0.2, -0.15) is 0 Å². The molecule has 0 saturated heterocycles. The summed E-state index contributed by atoms with van der Waals surface area (Å²) in [5.41, 5.74) is 0.879. The average Bonchev–Trinajstić information content (AvgIpc) is 2.71. The van der Waals surface area contributed by atoms with Crippen molar-refractivity contribution >= 4 is 17.2 Å². The molecule has 0 fully saturated rings. The highest BCUT2D eigenvalue weighted by Crippen LogP contribution is 2.11. The molecule has 1 aromatic rings. The second kappa shape index (κ2) is 8.21. The molecule has 4 nitrogen and oxygen atoms in total. The zero-order valence-electron chi connectivity index (χ0n) is 11.5. The standard InChI is InChI=1S/C13H23N3OS/c1-4-5-6-7-14-12(17)8-11-10-18-13(15-11)9-16(2)3/h10H,4-9H2,1-3H3,(H,14,17). The lowest BCUT2D eigenvalue weighted by Gasteiger charge is -2.05. The number of unbranched alkanes of at least 4 members (excludes halogenated alkanes) is 2. The van der Waals surface area contributed by atoms with E-state index in [1.807, 2.05) is 19.5 Å². The molecule has 1 aromatic heterocycles. The van der Waals surface area contributed by atoms with Crippen LogP contribution in [0.3, 0.4) is 0 Å². The lowest BCUT2D eigenvalue weighted by molar-refractivity contribution is -0.120. The van der Waals surface area contributed by atoms with Crippen LogP contribution >= 0.6 is 11.3 Å². The smallest absolute Gasteiger partial charge is 0.226 e. The first-order valence-electron chi connectivity index (χ1n) is 6.46. The van der Waals surface area contributed by atoms with Crippen LogP contribution in [0.4, 0.5) is 0 Å². The number of carbonyl (C=O) groups is 1. The first kappa shape index (κ1) is 15.1.